The molecule has 7 heteroatoms. The maximum Gasteiger partial charge on any atom is 0.225 e. The number of nitrogens with one attached hydrogen (secondary N) is 1. The van der Waals surface area contributed by atoms with Gasteiger partial charge in [0, 0.05) is 76.3 Å². The van der Waals surface area contributed by atoms with Crippen LogP contribution in [0.4, 0.5) is 0 Å². The van der Waals surface area contributed by atoms with Crippen LogP contribution in [0.2, 0.25) is 0 Å². The Morgan fingerprint density at radius 2 is 1.89 bits per heavy atom. The molecule has 3 rings (SSSR count). The average Bonchev–Trinajstić information content (AvgIpc) is 2.64. The van der Waals surface area contributed by atoms with Crippen molar-refractivity contribution in [3.63, 3.8) is 0 Å². The second kappa shape index (κ2) is 10.0. The highest BCUT2D eigenvalue weighted by molar-refractivity contribution is 8.00. The molecule has 0 aromatic heterocycles. The number of piperazine rings is 1. The van der Waals surface area contributed by atoms with Crippen LogP contribution in [-0.2, 0) is 4.79 Å². The normalized spacial score (nSPS) is 25.6. The Morgan fingerprint density at radius 1 is 1.15 bits per heavy atom. The van der Waals surface area contributed by atoms with Gasteiger partial charge in [-0.05, 0) is 18.8 Å². The summed E-state index contributed by atoms with van der Waals surface area (Å²) in [5, 5.41) is 4.25. The number of aliphatic imine (C=N–C) groups is 1. The molecule has 1 amide bonds. The third-order valence-electron chi connectivity index (χ3n) is 6.20. The Morgan fingerprint density at radius 3 is 2.48 bits per heavy atom. The zero-order valence-corrected chi connectivity index (χ0v) is 18.1. The van der Waals surface area contributed by atoms with E-state index in [2.05, 4.69) is 50.6 Å². The van der Waals surface area contributed by atoms with Crippen LogP contribution < -0.4 is 5.32 Å². The summed E-state index contributed by atoms with van der Waals surface area (Å²) in [4.78, 5) is 23.8. The minimum absolute atomic E-state index is 0.332. The smallest absolute Gasteiger partial charge is 0.225 e. The molecule has 154 valence electrons. The van der Waals surface area contributed by atoms with Crippen molar-refractivity contribution < 1.29 is 4.79 Å². The second-order valence-electron chi connectivity index (χ2n) is 8.37. The van der Waals surface area contributed by atoms with Crippen molar-refractivity contribution >= 4 is 23.6 Å². The van der Waals surface area contributed by atoms with Crippen LogP contribution in [0.1, 0.15) is 33.1 Å². The average molecular weight is 396 g/mol. The monoisotopic (exact) mass is 395 g/mol. The third-order valence-corrected chi connectivity index (χ3v) is 7.74. The molecule has 0 bridgehead atoms. The molecule has 2 heterocycles. The lowest BCUT2D eigenvalue weighted by Crippen LogP contribution is -2.53. The van der Waals surface area contributed by atoms with Crippen LogP contribution >= 0.6 is 11.8 Å². The molecular weight excluding hydrogens is 358 g/mol. The SMILES string of the molecule is CN=C(NCCN1CCN(C(=O)C2CCC2)CC1)N1CCSC(C(C)C)C1. The molecule has 1 N–H and O–H groups in total. The van der Waals surface area contributed by atoms with Crippen molar-refractivity contribution in [3.05, 3.63) is 0 Å². The summed E-state index contributed by atoms with van der Waals surface area (Å²) in [6.45, 7) is 12.5. The molecule has 1 aliphatic carbocycles. The van der Waals surface area contributed by atoms with Crippen molar-refractivity contribution in [2.45, 2.75) is 38.4 Å². The van der Waals surface area contributed by atoms with E-state index < -0.39 is 0 Å². The Kier molecular flexibility index (Phi) is 7.70. The standard InChI is InChI=1S/C20H37N5OS/c1-16(2)18-15-25(13-14-27-18)20(21-3)22-7-8-23-9-11-24(12-10-23)19(26)17-5-4-6-17/h16-18H,4-15H2,1-3H3,(H,21,22). The zero-order valence-electron chi connectivity index (χ0n) is 17.3. The first-order valence-electron chi connectivity index (χ1n) is 10.7. The molecule has 0 radical (unpaired) electrons. The van der Waals surface area contributed by atoms with E-state index in [1.54, 1.807) is 0 Å². The lowest BCUT2D eigenvalue weighted by Gasteiger charge is -2.39. The fourth-order valence-electron chi connectivity index (χ4n) is 4.03. The minimum Gasteiger partial charge on any atom is -0.355 e. The highest BCUT2D eigenvalue weighted by Gasteiger charge is 2.31. The van der Waals surface area contributed by atoms with Gasteiger partial charge < -0.3 is 15.1 Å². The Hall–Kier alpha value is -0.950. The van der Waals surface area contributed by atoms with Gasteiger partial charge in [0.05, 0.1) is 0 Å². The van der Waals surface area contributed by atoms with E-state index in [0.717, 1.165) is 71.2 Å². The molecule has 0 aromatic carbocycles. The first-order valence-corrected chi connectivity index (χ1v) is 11.7. The molecule has 0 spiro atoms. The molecule has 3 aliphatic rings. The molecule has 1 unspecified atom stereocenters. The van der Waals surface area contributed by atoms with Crippen molar-refractivity contribution in [3.8, 4) is 0 Å². The van der Waals surface area contributed by atoms with E-state index in [4.69, 9.17) is 0 Å². The van der Waals surface area contributed by atoms with Gasteiger partial charge in [-0.15, -0.1) is 0 Å². The fraction of sp³-hybridized carbons (Fsp3) is 0.900. The van der Waals surface area contributed by atoms with Gasteiger partial charge in [-0.3, -0.25) is 14.7 Å². The summed E-state index contributed by atoms with van der Waals surface area (Å²) in [5.41, 5.74) is 0. The summed E-state index contributed by atoms with van der Waals surface area (Å²) < 4.78 is 0. The number of guanidine groups is 1. The second-order valence-corrected chi connectivity index (χ2v) is 9.72. The van der Waals surface area contributed by atoms with Gasteiger partial charge >= 0.3 is 0 Å². The van der Waals surface area contributed by atoms with Crippen molar-refractivity contribution in [1.29, 1.82) is 0 Å². The topological polar surface area (TPSA) is 51.2 Å². The van der Waals surface area contributed by atoms with E-state index >= 15 is 0 Å². The van der Waals surface area contributed by atoms with E-state index in [1.165, 1.54) is 12.2 Å². The van der Waals surface area contributed by atoms with Crippen molar-refractivity contribution in [2.75, 3.05) is 65.2 Å². The molecule has 27 heavy (non-hydrogen) atoms. The van der Waals surface area contributed by atoms with Gasteiger partial charge in [0.2, 0.25) is 5.91 Å². The molecule has 2 aliphatic heterocycles. The van der Waals surface area contributed by atoms with Gasteiger partial charge in [-0.2, -0.15) is 11.8 Å². The molecule has 0 aromatic rings. The number of hydrogen-bond donors (Lipinski definition) is 1. The van der Waals surface area contributed by atoms with Crippen LogP contribution in [0.5, 0.6) is 0 Å². The predicted molar refractivity (Wildman–Crippen MR) is 114 cm³/mol. The third kappa shape index (κ3) is 5.53. The Labute approximate surface area is 169 Å². The van der Waals surface area contributed by atoms with E-state index in [9.17, 15) is 4.79 Å². The number of carbonyl (C=O) groups is 1. The number of nitrogens with zero attached hydrogens (tertiary/aromatic N) is 4. The van der Waals surface area contributed by atoms with Crippen molar-refractivity contribution in [2.24, 2.45) is 16.8 Å². The maximum atomic E-state index is 12.4. The van der Waals surface area contributed by atoms with Gasteiger partial charge in [-0.25, -0.2) is 0 Å². The van der Waals surface area contributed by atoms with Crippen LogP contribution in [0, 0.1) is 11.8 Å². The lowest BCUT2D eigenvalue weighted by molar-refractivity contribution is -0.139. The van der Waals surface area contributed by atoms with Gasteiger partial charge in [0.1, 0.15) is 0 Å². The molecule has 6 nitrogen and oxygen atoms in total. The number of hydrogen-bond acceptors (Lipinski definition) is 4. The number of amides is 1. The Bertz CT molecular complexity index is 515. The molecular formula is C20H37N5OS. The molecule has 1 saturated carbocycles. The fourth-order valence-corrected chi connectivity index (χ4v) is 5.33. The van der Waals surface area contributed by atoms with Gasteiger partial charge in [-0.1, -0.05) is 20.3 Å². The highest BCUT2D eigenvalue weighted by Crippen LogP contribution is 2.28. The minimum atomic E-state index is 0.332. The zero-order chi connectivity index (χ0) is 19.2. The highest BCUT2D eigenvalue weighted by atomic mass is 32.2. The summed E-state index contributed by atoms with van der Waals surface area (Å²) in [6, 6.07) is 0. The van der Waals surface area contributed by atoms with E-state index in [1.807, 2.05) is 7.05 Å². The summed E-state index contributed by atoms with van der Waals surface area (Å²) in [5.74, 6) is 3.66. The number of carbonyl (C=O) groups excluding carboxylic acids is 1. The van der Waals surface area contributed by atoms with Crippen LogP contribution in [-0.4, -0.2) is 97.0 Å². The quantitative estimate of drug-likeness (QED) is 0.566. The molecule has 3 fully saturated rings. The first-order chi connectivity index (χ1) is 13.1. The maximum absolute atomic E-state index is 12.4. The van der Waals surface area contributed by atoms with Crippen LogP contribution in [0.15, 0.2) is 4.99 Å². The summed E-state index contributed by atoms with van der Waals surface area (Å²) in [6.07, 6.45) is 3.44. The number of thioether (sulfide) groups is 1. The predicted octanol–water partition coefficient (Wildman–Crippen LogP) is 1.58. The summed E-state index contributed by atoms with van der Waals surface area (Å²) >= 11 is 2.09. The van der Waals surface area contributed by atoms with Gasteiger partial charge in [0.15, 0.2) is 5.96 Å². The Balaban J connectivity index is 1.36. The van der Waals surface area contributed by atoms with Gasteiger partial charge in [0.25, 0.3) is 0 Å². The number of rotatable bonds is 5. The van der Waals surface area contributed by atoms with E-state index in [-0.39, 0.29) is 0 Å². The first kappa shape index (κ1) is 20.8. The molecule has 1 atom stereocenters. The molecule has 2 saturated heterocycles. The van der Waals surface area contributed by atoms with Crippen LogP contribution in [0.3, 0.4) is 0 Å². The lowest BCUT2D eigenvalue weighted by atomic mass is 9.84. The summed E-state index contributed by atoms with van der Waals surface area (Å²) in [7, 11) is 1.89. The van der Waals surface area contributed by atoms with Crippen LogP contribution in [0.25, 0.3) is 0 Å². The largest absolute Gasteiger partial charge is 0.355 e. The van der Waals surface area contributed by atoms with Crippen molar-refractivity contribution in [1.82, 2.24) is 20.0 Å². The van der Waals surface area contributed by atoms with E-state index in [0.29, 0.717) is 23.0 Å².